The first-order valence-corrected chi connectivity index (χ1v) is 10.7. The Labute approximate surface area is 177 Å². The van der Waals surface area contributed by atoms with Gasteiger partial charge in [-0.05, 0) is 43.9 Å². The highest BCUT2D eigenvalue weighted by molar-refractivity contribution is 5.08. The van der Waals surface area contributed by atoms with Crippen molar-refractivity contribution in [2.75, 3.05) is 0 Å². The minimum atomic E-state index is 0. The van der Waals surface area contributed by atoms with Crippen LogP contribution in [0.3, 0.4) is 0 Å². The fourth-order valence-corrected chi connectivity index (χ4v) is 3.55. The Balaban J connectivity index is 0.00000364. The first-order chi connectivity index (χ1) is 12.8. The zero-order chi connectivity index (χ0) is 18.3. The zero-order valence-corrected chi connectivity index (χ0v) is 18.7. The number of aryl methyl sites for hydroxylation is 3. The number of pyridine rings is 2. The zero-order valence-electron chi connectivity index (χ0n) is 17.1. The van der Waals surface area contributed by atoms with Crippen LogP contribution in [-0.4, -0.2) is 4.98 Å². The van der Waals surface area contributed by atoms with Crippen molar-refractivity contribution in [2.45, 2.75) is 90.5 Å². The number of rotatable bonds is 14. The molecule has 150 valence electrons. The molecule has 2 aromatic heterocycles. The Bertz CT molecular complexity index is 586. The Hall–Kier alpha value is -1.22. The fourth-order valence-electron chi connectivity index (χ4n) is 3.55. The smallest absolute Gasteiger partial charge is 0.171 e. The SMILES string of the molecule is Cc1ccc[n+](CCCCCCCCCCCCCc2cccnc2)c1.[Br-]. The van der Waals surface area contributed by atoms with E-state index in [2.05, 4.69) is 47.1 Å². The lowest BCUT2D eigenvalue weighted by atomic mass is 10.0. The average Bonchev–Trinajstić information content (AvgIpc) is 2.66. The Morgan fingerprint density at radius 1 is 0.778 bits per heavy atom. The molecule has 0 aromatic carbocycles. The van der Waals surface area contributed by atoms with Gasteiger partial charge in [-0.1, -0.05) is 57.4 Å². The van der Waals surface area contributed by atoms with Gasteiger partial charge in [0.25, 0.3) is 0 Å². The highest BCUT2D eigenvalue weighted by atomic mass is 79.9. The summed E-state index contributed by atoms with van der Waals surface area (Å²) in [4.78, 5) is 4.18. The second kappa shape index (κ2) is 15.8. The summed E-state index contributed by atoms with van der Waals surface area (Å²) in [5.74, 6) is 0. The van der Waals surface area contributed by atoms with Crippen LogP contribution in [0.4, 0.5) is 0 Å². The van der Waals surface area contributed by atoms with Crippen LogP contribution in [0.1, 0.15) is 81.8 Å². The Morgan fingerprint density at radius 3 is 2.00 bits per heavy atom. The molecule has 2 heterocycles. The lowest BCUT2D eigenvalue weighted by Crippen LogP contribution is -3.00. The van der Waals surface area contributed by atoms with E-state index < -0.39 is 0 Å². The van der Waals surface area contributed by atoms with Crippen LogP contribution in [0.25, 0.3) is 0 Å². The van der Waals surface area contributed by atoms with E-state index in [0.29, 0.717) is 0 Å². The second-order valence-electron chi connectivity index (χ2n) is 7.62. The van der Waals surface area contributed by atoms with E-state index in [0.717, 1.165) is 0 Å². The number of nitrogens with zero attached hydrogens (tertiary/aromatic N) is 2. The summed E-state index contributed by atoms with van der Waals surface area (Å²) in [6.45, 7) is 3.33. The second-order valence-corrected chi connectivity index (χ2v) is 7.62. The van der Waals surface area contributed by atoms with Crippen LogP contribution in [-0.2, 0) is 13.0 Å². The van der Waals surface area contributed by atoms with E-state index in [1.54, 1.807) is 0 Å². The van der Waals surface area contributed by atoms with Crippen LogP contribution >= 0.6 is 0 Å². The molecular formula is C24H37BrN2. The first kappa shape index (κ1) is 23.8. The van der Waals surface area contributed by atoms with Gasteiger partial charge in [0.2, 0.25) is 0 Å². The van der Waals surface area contributed by atoms with Crippen molar-refractivity contribution in [3.8, 4) is 0 Å². The van der Waals surface area contributed by atoms with Crippen molar-refractivity contribution >= 4 is 0 Å². The molecule has 0 spiro atoms. The van der Waals surface area contributed by atoms with E-state index in [4.69, 9.17) is 0 Å². The van der Waals surface area contributed by atoms with Gasteiger partial charge >= 0.3 is 0 Å². The molecule has 2 rings (SSSR count). The van der Waals surface area contributed by atoms with Crippen LogP contribution in [0.2, 0.25) is 0 Å². The summed E-state index contributed by atoms with van der Waals surface area (Å²) in [5.41, 5.74) is 2.73. The van der Waals surface area contributed by atoms with Crippen molar-refractivity contribution in [1.82, 2.24) is 4.98 Å². The van der Waals surface area contributed by atoms with Crippen molar-refractivity contribution in [3.63, 3.8) is 0 Å². The standard InChI is InChI=1S/C24H37N2.BrH/c1-23-15-14-20-26(22-23)19-12-10-8-6-4-2-3-5-7-9-11-16-24-17-13-18-25-21-24;/h13-15,17-18,20-22H,2-12,16,19H2,1H3;1H/q+1;/p-1. The predicted octanol–water partition coefficient (Wildman–Crippen LogP) is 3.22. The van der Waals surface area contributed by atoms with Crippen LogP contribution in [0.15, 0.2) is 49.1 Å². The van der Waals surface area contributed by atoms with Crippen molar-refractivity contribution in [3.05, 3.63) is 60.2 Å². The minimum Gasteiger partial charge on any atom is -1.00 e. The monoisotopic (exact) mass is 432 g/mol. The molecule has 0 saturated heterocycles. The van der Waals surface area contributed by atoms with Crippen molar-refractivity contribution in [1.29, 1.82) is 0 Å². The molecular weight excluding hydrogens is 396 g/mol. The van der Waals surface area contributed by atoms with E-state index in [-0.39, 0.29) is 17.0 Å². The number of aromatic nitrogens is 2. The van der Waals surface area contributed by atoms with Crippen LogP contribution < -0.4 is 21.5 Å². The summed E-state index contributed by atoms with van der Waals surface area (Å²) < 4.78 is 2.32. The number of hydrogen-bond donors (Lipinski definition) is 0. The Kier molecular flexibility index (Phi) is 13.9. The third kappa shape index (κ3) is 12.0. The van der Waals surface area contributed by atoms with Gasteiger partial charge in [-0.3, -0.25) is 4.98 Å². The Morgan fingerprint density at radius 2 is 1.41 bits per heavy atom. The molecule has 27 heavy (non-hydrogen) atoms. The van der Waals surface area contributed by atoms with Gasteiger partial charge in [0.15, 0.2) is 12.4 Å². The van der Waals surface area contributed by atoms with Crippen LogP contribution in [0, 0.1) is 6.92 Å². The van der Waals surface area contributed by atoms with E-state index >= 15 is 0 Å². The highest BCUT2D eigenvalue weighted by Gasteiger charge is 2.00. The first-order valence-electron chi connectivity index (χ1n) is 10.7. The fraction of sp³-hybridized carbons (Fsp3) is 0.583. The number of hydrogen-bond acceptors (Lipinski definition) is 1. The normalized spacial score (nSPS) is 10.6. The molecule has 2 aromatic rings. The van der Waals surface area contributed by atoms with Crippen LogP contribution in [0.5, 0.6) is 0 Å². The summed E-state index contributed by atoms with van der Waals surface area (Å²) >= 11 is 0. The third-order valence-electron chi connectivity index (χ3n) is 5.11. The number of unbranched alkanes of at least 4 members (excludes halogenated alkanes) is 10. The molecule has 0 amide bonds. The molecule has 0 fully saturated rings. The lowest BCUT2D eigenvalue weighted by Gasteiger charge is -2.03. The van der Waals surface area contributed by atoms with E-state index in [9.17, 15) is 0 Å². The largest absolute Gasteiger partial charge is 1.00 e. The van der Waals surface area contributed by atoms with E-state index in [1.807, 2.05) is 18.5 Å². The van der Waals surface area contributed by atoms with Gasteiger partial charge in [0, 0.05) is 30.4 Å². The summed E-state index contributed by atoms with van der Waals surface area (Å²) in [5, 5.41) is 0. The molecule has 0 aliphatic heterocycles. The molecule has 0 bridgehead atoms. The summed E-state index contributed by atoms with van der Waals surface area (Å²) in [6.07, 6.45) is 24.7. The van der Waals surface area contributed by atoms with Crippen molar-refractivity contribution < 1.29 is 21.5 Å². The lowest BCUT2D eigenvalue weighted by molar-refractivity contribution is -0.697. The maximum absolute atomic E-state index is 4.18. The van der Waals surface area contributed by atoms with Gasteiger partial charge in [0.1, 0.15) is 6.54 Å². The molecule has 3 heteroatoms. The molecule has 0 aliphatic rings. The van der Waals surface area contributed by atoms with Gasteiger partial charge < -0.3 is 17.0 Å². The average molecular weight is 433 g/mol. The maximum Gasteiger partial charge on any atom is 0.171 e. The topological polar surface area (TPSA) is 16.8 Å². The van der Waals surface area contributed by atoms with Gasteiger partial charge in [0.05, 0.1) is 0 Å². The molecule has 0 saturated carbocycles. The van der Waals surface area contributed by atoms with Gasteiger partial charge in [-0.15, -0.1) is 0 Å². The highest BCUT2D eigenvalue weighted by Crippen LogP contribution is 2.12. The van der Waals surface area contributed by atoms with Gasteiger partial charge in [-0.25, -0.2) is 4.57 Å². The molecule has 0 aliphatic carbocycles. The molecule has 0 unspecified atom stereocenters. The molecule has 0 atom stereocenters. The minimum absolute atomic E-state index is 0. The molecule has 2 nitrogen and oxygen atoms in total. The van der Waals surface area contributed by atoms with Gasteiger partial charge in [-0.2, -0.15) is 0 Å². The maximum atomic E-state index is 4.18. The molecule has 0 radical (unpaired) electrons. The van der Waals surface area contributed by atoms with E-state index in [1.165, 1.54) is 94.7 Å². The summed E-state index contributed by atoms with van der Waals surface area (Å²) in [6, 6.07) is 8.54. The quantitative estimate of drug-likeness (QED) is 0.330. The summed E-state index contributed by atoms with van der Waals surface area (Å²) in [7, 11) is 0. The number of halogens is 1. The predicted molar refractivity (Wildman–Crippen MR) is 110 cm³/mol. The molecule has 0 N–H and O–H groups in total. The van der Waals surface area contributed by atoms with Crippen molar-refractivity contribution in [2.24, 2.45) is 0 Å². The third-order valence-corrected chi connectivity index (χ3v) is 5.11.